The summed E-state index contributed by atoms with van der Waals surface area (Å²) < 4.78 is 5.63. The van der Waals surface area contributed by atoms with Crippen molar-refractivity contribution in [3.8, 4) is 5.75 Å². The van der Waals surface area contributed by atoms with Gasteiger partial charge in [0.05, 0.1) is 6.61 Å². The predicted octanol–water partition coefficient (Wildman–Crippen LogP) is 5.84. The number of hydrogen-bond donors (Lipinski definition) is 0. The molecule has 1 nitrogen and oxygen atoms in total. The van der Waals surface area contributed by atoms with E-state index in [1.807, 2.05) is 44.2 Å². The minimum absolute atomic E-state index is 0.859. The second-order valence-electron chi connectivity index (χ2n) is 4.28. The molecule has 0 fully saturated rings. The third-order valence-corrected chi connectivity index (χ3v) is 2.76. The van der Waals surface area contributed by atoms with Gasteiger partial charge in [-0.2, -0.15) is 0 Å². The van der Waals surface area contributed by atoms with Crippen LogP contribution < -0.4 is 4.74 Å². The third kappa shape index (κ3) is 10.2. The van der Waals surface area contributed by atoms with E-state index in [2.05, 4.69) is 6.92 Å². The lowest BCUT2D eigenvalue weighted by Crippen LogP contribution is -1.96. The summed E-state index contributed by atoms with van der Waals surface area (Å²) in [7, 11) is 0. The fourth-order valence-corrected chi connectivity index (χ4v) is 1.77. The molecule has 104 valence electrons. The quantitative estimate of drug-likeness (QED) is 0.500. The first-order valence-corrected chi connectivity index (χ1v) is 7.61. The maximum Gasteiger partial charge on any atom is 0.119 e. The van der Waals surface area contributed by atoms with Crippen LogP contribution in [0.1, 0.15) is 65.7 Å². The van der Waals surface area contributed by atoms with E-state index in [4.69, 9.17) is 4.74 Å². The van der Waals surface area contributed by atoms with Crippen LogP contribution in [-0.2, 0) is 0 Å². The summed E-state index contributed by atoms with van der Waals surface area (Å²) in [5, 5.41) is 0. The summed E-state index contributed by atoms with van der Waals surface area (Å²) in [5.41, 5.74) is 0. The van der Waals surface area contributed by atoms with Gasteiger partial charge in [0, 0.05) is 0 Å². The van der Waals surface area contributed by atoms with Crippen LogP contribution in [-0.4, -0.2) is 6.61 Å². The molecule has 0 heterocycles. The Morgan fingerprint density at radius 1 is 0.778 bits per heavy atom. The highest BCUT2D eigenvalue weighted by Crippen LogP contribution is 2.10. The Morgan fingerprint density at radius 2 is 1.33 bits per heavy atom. The van der Waals surface area contributed by atoms with E-state index in [1.165, 1.54) is 44.9 Å². The average molecular weight is 250 g/mol. The number of unbranched alkanes of at least 4 members (excludes halogenated alkanes) is 6. The number of hydrogen-bond acceptors (Lipinski definition) is 1. The highest BCUT2D eigenvalue weighted by molar-refractivity contribution is 5.20. The highest BCUT2D eigenvalue weighted by atomic mass is 16.5. The smallest absolute Gasteiger partial charge is 0.119 e. The average Bonchev–Trinajstić information content (AvgIpc) is 2.45. The fraction of sp³-hybridized carbons (Fsp3) is 0.647. The molecule has 0 aliphatic heterocycles. The molecule has 0 aliphatic carbocycles. The van der Waals surface area contributed by atoms with Gasteiger partial charge in [0.15, 0.2) is 0 Å². The van der Waals surface area contributed by atoms with E-state index in [0.717, 1.165) is 12.4 Å². The van der Waals surface area contributed by atoms with Crippen LogP contribution in [0.2, 0.25) is 0 Å². The standard InChI is InChI=1S/C15H24O.C2H6/c1-2-3-4-5-6-7-11-14-16-15-12-9-8-10-13-15;1-2/h8-10,12-13H,2-7,11,14H2,1H3;1-2H3. The van der Waals surface area contributed by atoms with E-state index in [0.29, 0.717) is 0 Å². The summed E-state index contributed by atoms with van der Waals surface area (Å²) in [5.74, 6) is 0.994. The molecule has 0 saturated heterocycles. The van der Waals surface area contributed by atoms with E-state index in [9.17, 15) is 0 Å². The van der Waals surface area contributed by atoms with Crippen LogP contribution in [0.15, 0.2) is 30.3 Å². The van der Waals surface area contributed by atoms with Crippen molar-refractivity contribution in [3.63, 3.8) is 0 Å². The second-order valence-corrected chi connectivity index (χ2v) is 4.28. The summed E-state index contributed by atoms with van der Waals surface area (Å²) in [6.07, 6.45) is 9.35. The van der Waals surface area contributed by atoms with Gasteiger partial charge in [0.2, 0.25) is 0 Å². The van der Waals surface area contributed by atoms with Gasteiger partial charge in [-0.3, -0.25) is 0 Å². The van der Waals surface area contributed by atoms with E-state index in [-0.39, 0.29) is 0 Å². The first-order valence-electron chi connectivity index (χ1n) is 7.61. The molecule has 0 N–H and O–H groups in total. The molecule has 0 radical (unpaired) electrons. The van der Waals surface area contributed by atoms with E-state index >= 15 is 0 Å². The van der Waals surface area contributed by atoms with Crippen molar-refractivity contribution >= 4 is 0 Å². The zero-order valence-electron chi connectivity index (χ0n) is 12.5. The first kappa shape index (κ1) is 17.0. The van der Waals surface area contributed by atoms with Crippen molar-refractivity contribution in [1.82, 2.24) is 0 Å². The molecular weight excluding hydrogens is 220 g/mol. The number of ether oxygens (including phenoxy) is 1. The molecule has 1 heteroatoms. The molecule has 0 aromatic heterocycles. The lowest BCUT2D eigenvalue weighted by atomic mass is 10.1. The lowest BCUT2D eigenvalue weighted by Gasteiger charge is -2.05. The van der Waals surface area contributed by atoms with Crippen LogP contribution in [0.4, 0.5) is 0 Å². The van der Waals surface area contributed by atoms with Crippen molar-refractivity contribution in [2.24, 2.45) is 0 Å². The molecule has 0 spiro atoms. The minimum Gasteiger partial charge on any atom is -0.494 e. The van der Waals surface area contributed by atoms with Crippen LogP contribution in [0, 0.1) is 0 Å². The van der Waals surface area contributed by atoms with Crippen molar-refractivity contribution in [1.29, 1.82) is 0 Å². The van der Waals surface area contributed by atoms with Crippen LogP contribution in [0.5, 0.6) is 5.75 Å². The largest absolute Gasteiger partial charge is 0.494 e. The Balaban J connectivity index is 0.00000137. The van der Waals surface area contributed by atoms with Gasteiger partial charge in [-0.05, 0) is 18.6 Å². The molecule has 0 unspecified atom stereocenters. The second kappa shape index (κ2) is 14.1. The van der Waals surface area contributed by atoms with E-state index in [1.54, 1.807) is 0 Å². The normalized spacial score (nSPS) is 9.50. The summed E-state index contributed by atoms with van der Waals surface area (Å²) >= 11 is 0. The van der Waals surface area contributed by atoms with Gasteiger partial charge in [-0.1, -0.05) is 77.5 Å². The Bertz CT molecular complexity index is 243. The Morgan fingerprint density at radius 3 is 1.94 bits per heavy atom. The van der Waals surface area contributed by atoms with Crippen molar-refractivity contribution in [3.05, 3.63) is 30.3 Å². The molecule has 0 aliphatic rings. The summed E-state index contributed by atoms with van der Waals surface area (Å²) in [4.78, 5) is 0. The van der Waals surface area contributed by atoms with Crippen molar-refractivity contribution in [2.75, 3.05) is 6.61 Å². The van der Waals surface area contributed by atoms with E-state index < -0.39 is 0 Å². The molecule has 0 bridgehead atoms. The van der Waals surface area contributed by atoms with Crippen LogP contribution in [0.25, 0.3) is 0 Å². The maximum atomic E-state index is 5.63. The number of para-hydroxylation sites is 1. The Labute approximate surface area is 114 Å². The van der Waals surface area contributed by atoms with Gasteiger partial charge in [-0.25, -0.2) is 0 Å². The molecule has 0 saturated carbocycles. The fourth-order valence-electron chi connectivity index (χ4n) is 1.77. The molecular formula is C17H30O. The Kier molecular flexibility index (Phi) is 13.3. The molecule has 1 aromatic rings. The lowest BCUT2D eigenvalue weighted by molar-refractivity contribution is 0.304. The Hall–Kier alpha value is -0.980. The minimum atomic E-state index is 0.859. The van der Waals surface area contributed by atoms with Gasteiger partial charge >= 0.3 is 0 Å². The van der Waals surface area contributed by atoms with Crippen LogP contribution >= 0.6 is 0 Å². The van der Waals surface area contributed by atoms with Crippen molar-refractivity contribution in [2.45, 2.75) is 65.7 Å². The SMILES string of the molecule is CC.CCCCCCCCCOc1ccccc1. The van der Waals surface area contributed by atoms with Gasteiger partial charge < -0.3 is 4.74 Å². The molecule has 1 aromatic carbocycles. The third-order valence-electron chi connectivity index (χ3n) is 2.76. The molecule has 18 heavy (non-hydrogen) atoms. The van der Waals surface area contributed by atoms with Crippen LogP contribution in [0.3, 0.4) is 0 Å². The maximum absolute atomic E-state index is 5.63. The van der Waals surface area contributed by atoms with Gasteiger partial charge in [-0.15, -0.1) is 0 Å². The zero-order chi connectivity index (χ0) is 13.5. The highest BCUT2D eigenvalue weighted by Gasteiger charge is 1.93. The number of rotatable bonds is 9. The first-order chi connectivity index (χ1) is 8.93. The van der Waals surface area contributed by atoms with Crippen molar-refractivity contribution < 1.29 is 4.74 Å². The monoisotopic (exact) mass is 250 g/mol. The molecule has 1 rings (SSSR count). The molecule has 0 amide bonds. The topological polar surface area (TPSA) is 9.23 Å². The number of benzene rings is 1. The molecule has 0 atom stereocenters. The summed E-state index contributed by atoms with van der Waals surface area (Å²) in [6.45, 7) is 7.12. The predicted molar refractivity (Wildman–Crippen MR) is 81.3 cm³/mol. The van der Waals surface area contributed by atoms with Gasteiger partial charge in [0.1, 0.15) is 5.75 Å². The van der Waals surface area contributed by atoms with Gasteiger partial charge in [0.25, 0.3) is 0 Å². The zero-order valence-corrected chi connectivity index (χ0v) is 12.5. The summed E-state index contributed by atoms with van der Waals surface area (Å²) in [6, 6.07) is 10.1.